The van der Waals surface area contributed by atoms with Crippen LogP contribution in [0.15, 0.2) is 12.4 Å². The molecule has 0 bridgehead atoms. The van der Waals surface area contributed by atoms with Gasteiger partial charge in [-0.05, 0) is 18.8 Å². The topological polar surface area (TPSA) is 29.9 Å². The Labute approximate surface area is 99.3 Å². The molecule has 0 aliphatic heterocycles. The number of nitrogens with zero attached hydrogens (tertiary/aromatic N) is 2. The van der Waals surface area contributed by atoms with Crippen molar-refractivity contribution in [3.05, 3.63) is 12.4 Å². The minimum atomic E-state index is 0.471. The highest BCUT2D eigenvalue weighted by atomic mass is 15.2. The third-order valence-corrected chi connectivity index (χ3v) is 3.13. The Hall–Kier alpha value is -0.990. The summed E-state index contributed by atoms with van der Waals surface area (Å²) in [5, 5.41) is 3.50. The highest BCUT2D eigenvalue weighted by Gasteiger charge is 2.12. The molecule has 0 saturated heterocycles. The van der Waals surface area contributed by atoms with Gasteiger partial charge in [-0.15, -0.1) is 0 Å². The fourth-order valence-corrected chi connectivity index (χ4v) is 1.69. The van der Waals surface area contributed by atoms with E-state index in [1.54, 1.807) is 0 Å². The zero-order valence-corrected chi connectivity index (χ0v) is 11.2. The maximum Gasteiger partial charge on any atom is 0.202 e. The Bertz CT molecular complexity index is 304. The normalized spacial score (nSPS) is 15.1. The van der Waals surface area contributed by atoms with E-state index >= 15 is 0 Å². The molecule has 16 heavy (non-hydrogen) atoms. The molecular formula is C13H25N3. The van der Waals surface area contributed by atoms with Crippen molar-refractivity contribution in [3.8, 4) is 0 Å². The summed E-state index contributed by atoms with van der Waals surface area (Å²) in [6.45, 7) is 12.2. The van der Waals surface area contributed by atoms with Gasteiger partial charge in [-0.2, -0.15) is 0 Å². The first kappa shape index (κ1) is 13.1. The van der Waals surface area contributed by atoms with Crippen molar-refractivity contribution < 1.29 is 0 Å². The van der Waals surface area contributed by atoms with Crippen LogP contribution in [0.25, 0.3) is 0 Å². The van der Waals surface area contributed by atoms with Gasteiger partial charge in [0.25, 0.3) is 0 Å². The highest BCUT2D eigenvalue weighted by molar-refractivity contribution is 5.27. The lowest BCUT2D eigenvalue weighted by molar-refractivity contribution is 0.481. The summed E-state index contributed by atoms with van der Waals surface area (Å²) in [7, 11) is 0. The maximum absolute atomic E-state index is 4.38. The van der Waals surface area contributed by atoms with Crippen molar-refractivity contribution in [1.29, 1.82) is 0 Å². The van der Waals surface area contributed by atoms with Crippen molar-refractivity contribution in [1.82, 2.24) is 9.55 Å². The van der Waals surface area contributed by atoms with Gasteiger partial charge in [0, 0.05) is 25.0 Å². The third kappa shape index (κ3) is 3.54. The van der Waals surface area contributed by atoms with Gasteiger partial charge in [-0.3, -0.25) is 0 Å². The molecule has 2 unspecified atom stereocenters. The lowest BCUT2D eigenvalue weighted by atomic mass is 10.0. The van der Waals surface area contributed by atoms with Gasteiger partial charge >= 0.3 is 0 Å². The van der Waals surface area contributed by atoms with Crippen molar-refractivity contribution >= 4 is 5.95 Å². The lowest BCUT2D eigenvalue weighted by Gasteiger charge is -2.21. The molecule has 2 atom stereocenters. The van der Waals surface area contributed by atoms with E-state index in [0.717, 1.165) is 12.5 Å². The SMILES string of the molecule is CCC(C)C(C)Nc1nccn1CC(C)C. The Kier molecular flexibility index (Phi) is 4.84. The molecule has 3 nitrogen and oxygen atoms in total. The number of rotatable bonds is 6. The molecule has 92 valence electrons. The van der Waals surface area contributed by atoms with Crippen LogP contribution in [0.1, 0.15) is 41.0 Å². The number of aromatic nitrogens is 2. The van der Waals surface area contributed by atoms with Crippen molar-refractivity contribution in [3.63, 3.8) is 0 Å². The molecule has 0 spiro atoms. The monoisotopic (exact) mass is 223 g/mol. The first-order valence-corrected chi connectivity index (χ1v) is 6.32. The molecule has 3 heteroatoms. The molecule has 0 fully saturated rings. The van der Waals surface area contributed by atoms with E-state index < -0.39 is 0 Å². The number of hydrogen-bond acceptors (Lipinski definition) is 2. The predicted octanol–water partition coefficient (Wildman–Crippen LogP) is 3.39. The van der Waals surface area contributed by atoms with Gasteiger partial charge in [0.15, 0.2) is 0 Å². The van der Waals surface area contributed by atoms with E-state index in [1.165, 1.54) is 6.42 Å². The van der Waals surface area contributed by atoms with Crippen LogP contribution in [0.2, 0.25) is 0 Å². The van der Waals surface area contributed by atoms with Crippen LogP contribution < -0.4 is 5.32 Å². The number of imidazole rings is 1. The lowest BCUT2D eigenvalue weighted by Crippen LogP contribution is -2.25. The summed E-state index contributed by atoms with van der Waals surface area (Å²) in [6, 6.07) is 0.471. The first-order chi connectivity index (χ1) is 7.54. The fraction of sp³-hybridized carbons (Fsp3) is 0.769. The second-order valence-electron chi connectivity index (χ2n) is 5.12. The van der Waals surface area contributed by atoms with E-state index in [-0.39, 0.29) is 0 Å². The molecular weight excluding hydrogens is 198 g/mol. The van der Waals surface area contributed by atoms with Gasteiger partial charge in [0.1, 0.15) is 0 Å². The molecule has 1 rings (SSSR count). The van der Waals surface area contributed by atoms with E-state index in [2.05, 4.69) is 49.5 Å². The van der Waals surface area contributed by atoms with Crippen molar-refractivity contribution in [2.45, 2.75) is 53.6 Å². The Morgan fingerprint density at radius 2 is 2.00 bits per heavy atom. The van der Waals surface area contributed by atoms with Crippen LogP contribution in [0.5, 0.6) is 0 Å². The zero-order valence-electron chi connectivity index (χ0n) is 11.2. The fourth-order valence-electron chi connectivity index (χ4n) is 1.69. The largest absolute Gasteiger partial charge is 0.353 e. The average molecular weight is 223 g/mol. The number of nitrogens with one attached hydrogen (secondary N) is 1. The second-order valence-corrected chi connectivity index (χ2v) is 5.12. The zero-order chi connectivity index (χ0) is 12.1. The third-order valence-electron chi connectivity index (χ3n) is 3.13. The average Bonchev–Trinajstić information content (AvgIpc) is 2.63. The smallest absolute Gasteiger partial charge is 0.202 e. The van der Waals surface area contributed by atoms with Crippen LogP contribution in [0.4, 0.5) is 5.95 Å². The van der Waals surface area contributed by atoms with Crippen LogP contribution in [0, 0.1) is 11.8 Å². The van der Waals surface area contributed by atoms with Crippen molar-refractivity contribution in [2.24, 2.45) is 11.8 Å². The van der Waals surface area contributed by atoms with Crippen LogP contribution >= 0.6 is 0 Å². The minimum absolute atomic E-state index is 0.471. The van der Waals surface area contributed by atoms with E-state index in [0.29, 0.717) is 17.9 Å². The van der Waals surface area contributed by atoms with Gasteiger partial charge in [0.2, 0.25) is 5.95 Å². The Morgan fingerprint density at radius 3 is 2.56 bits per heavy atom. The van der Waals surface area contributed by atoms with Gasteiger partial charge in [-0.25, -0.2) is 4.98 Å². The van der Waals surface area contributed by atoms with Crippen LogP contribution in [-0.4, -0.2) is 15.6 Å². The summed E-state index contributed by atoms with van der Waals surface area (Å²) < 4.78 is 2.20. The van der Waals surface area contributed by atoms with E-state index in [4.69, 9.17) is 0 Å². The van der Waals surface area contributed by atoms with E-state index in [1.807, 2.05) is 12.4 Å². The second kappa shape index (κ2) is 5.92. The molecule has 0 radical (unpaired) electrons. The quantitative estimate of drug-likeness (QED) is 0.801. The summed E-state index contributed by atoms with van der Waals surface area (Å²) >= 11 is 0. The van der Waals surface area contributed by atoms with Gasteiger partial charge < -0.3 is 9.88 Å². The van der Waals surface area contributed by atoms with Gasteiger partial charge in [0.05, 0.1) is 0 Å². The van der Waals surface area contributed by atoms with E-state index in [9.17, 15) is 0 Å². The van der Waals surface area contributed by atoms with Crippen molar-refractivity contribution in [2.75, 3.05) is 5.32 Å². The molecule has 1 heterocycles. The molecule has 1 aromatic rings. The summed E-state index contributed by atoms with van der Waals surface area (Å²) in [5.41, 5.74) is 0. The summed E-state index contributed by atoms with van der Waals surface area (Å²) in [4.78, 5) is 4.38. The number of anilines is 1. The van der Waals surface area contributed by atoms with Crippen LogP contribution in [0.3, 0.4) is 0 Å². The minimum Gasteiger partial charge on any atom is -0.353 e. The maximum atomic E-state index is 4.38. The molecule has 0 amide bonds. The van der Waals surface area contributed by atoms with Crippen LogP contribution in [-0.2, 0) is 6.54 Å². The van der Waals surface area contributed by atoms with Gasteiger partial charge in [-0.1, -0.05) is 34.1 Å². The molecule has 0 aliphatic rings. The predicted molar refractivity (Wildman–Crippen MR) is 69.6 cm³/mol. The standard InChI is InChI=1S/C13H25N3/c1-6-11(4)12(5)15-13-14-7-8-16(13)9-10(2)3/h7-8,10-12H,6,9H2,1-5H3,(H,14,15). The molecule has 0 saturated carbocycles. The molecule has 0 aliphatic carbocycles. The Morgan fingerprint density at radius 1 is 1.31 bits per heavy atom. The summed E-state index contributed by atoms with van der Waals surface area (Å²) in [6.07, 6.45) is 5.11. The highest BCUT2D eigenvalue weighted by Crippen LogP contribution is 2.14. The first-order valence-electron chi connectivity index (χ1n) is 6.32. The molecule has 1 aromatic heterocycles. The summed E-state index contributed by atoms with van der Waals surface area (Å²) in [5.74, 6) is 2.32. The molecule has 1 N–H and O–H groups in total. The number of hydrogen-bond donors (Lipinski definition) is 1. The molecule has 0 aromatic carbocycles. The Balaban J connectivity index is 2.62.